The molecule has 0 unspecified atom stereocenters. The fraction of sp³-hybridized carbons (Fsp3) is 0.333. The molecule has 0 bridgehead atoms. The summed E-state index contributed by atoms with van der Waals surface area (Å²) in [4.78, 5) is 109. The first-order valence-electron chi connectivity index (χ1n) is 19.3. The molecule has 3 aliphatic heterocycles. The summed E-state index contributed by atoms with van der Waals surface area (Å²) in [5, 5.41) is 6.95. The number of imide groups is 1. The van der Waals surface area contributed by atoms with Crippen LogP contribution in [0.25, 0.3) is 0 Å². The molecule has 0 aliphatic carbocycles. The third kappa shape index (κ3) is 10.1. The fourth-order valence-electron chi connectivity index (χ4n) is 6.78. The molecule has 320 valence electrons. The first-order valence-corrected chi connectivity index (χ1v) is 20.3. The van der Waals surface area contributed by atoms with Gasteiger partial charge in [-0.1, -0.05) is 72.8 Å². The molecule has 0 aromatic heterocycles. The van der Waals surface area contributed by atoms with Crippen molar-refractivity contribution < 1.29 is 52.6 Å². The van der Waals surface area contributed by atoms with Crippen LogP contribution in [0.2, 0.25) is 0 Å². The van der Waals surface area contributed by atoms with Crippen LogP contribution in [-0.4, -0.2) is 112 Å². The highest BCUT2D eigenvalue weighted by molar-refractivity contribution is 8.00. The molecule has 3 aromatic carbocycles. The number of primary amides is 1. The number of urea groups is 1. The molecule has 5 N–H and O–H groups in total. The van der Waals surface area contributed by atoms with Crippen LogP contribution in [0, 0.1) is 0 Å². The summed E-state index contributed by atoms with van der Waals surface area (Å²) in [7, 11) is 0. The lowest BCUT2D eigenvalue weighted by Crippen LogP contribution is -2.71. The van der Waals surface area contributed by atoms with Crippen LogP contribution in [-0.2, 0) is 38.2 Å². The van der Waals surface area contributed by atoms with Crippen LogP contribution in [0.3, 0.4) is 0 Å². The van der Waals surface area contributed by atoms with Crippen LogP contribution in [0.5, 0.6) is 0 Å². The Balaban J connectivity index is 1.25. The van der Waals surface area contributed by atoms with Gasteiger partial charge in [0.1, 0.15) is 35.4 Å². The summed E-state index contributed by atoms with van der Waals surface area (Å²) >= 11 is 1.18. The van der Waals surface area contributed by atoms with Gasteiger partial charge in [-0.15, -0.1) is 11.8 Å². The molecule has 8 amide bonds. The number of nitrogens with zero attached hydrogens (tertiary/aromatic N) is 3. The molecular formula is C42H45N7O11S. The number of nitrogens with one attached hydrogen (secondary N) is 3. The van der Waals surface area contributed by atoms with Gasteiger partial charge in [0.2, 0.25) is 5.91 Å². The number of carbonyl (C=O) groups is 8. The summed E-state index contributed by atoms with van der Waals surface area (Å²) < 4.78 is 16.4. The number of benzene rings is 3. The zero-order valence-corrected chi connectivity index (χ0v) is 34.6. The number of rotatable bonds is 12. The van der Waals surface area contributed by atoms with Crippen molar-refractivity contribution in [2.75, 3.05) is 37.3 Å². The standard InChI is InChI=1S/C42H45N7O11S/c1-5-47-20-21-48(36(53)35(47)52)40(56)46-29(24-16-18-28(19-17-24)44-41(57)60-42(2,3)4)33(50)45-30-34(51)49-31(27(22-58-39(43)55)23-61-37(30)49)38(54)59-32(25-12-8-6-9-13-25)26-14-10-7-11-15-26/h6-19,29-30,32,37H,5,20-23H2,1-4H3,(H2,43,55)(H,44,57)(H,45,50)(H,46,56)/t29-,30-,37+/m1/s1. The first kappa shape index (κ1) is 43.7. The number of β-lactam (4-membered cyclic amide) rings is 1. The van der Waals surface area contributed by atoms with E-state index in [1.54, 1.807) is 76.2 Å². The molecule has 0 radical (unpaired) electrons. The van der Waals surface area contributed by atoms with Gasteiger partial charge in [-0.2, -0.15) is 0 Å². The molecule has 6 rings (SSSR count). The van der Waals surface area contributed by atoms with E-state index in [-0.39, 0.29) is 42.2 Å². The second kappa shape index (κ2) is 18.6. The maximum absolute atomic E-state index is 14.2. The number of ether oxygens (including phenoxy) is 3. The van der Waals surface area contributed by atoms with E-state index in [0.29, 0.717) is 21.7 Å². The molecule has 2 saturated heterocycles. The Morgan fingerprint density at radius 1 is 0.852 bits per heavy atom. The second-order valence-corrected chi connectivity index (χ2v) is 16.1. The largest absolute Gasteiger partial charge is 0.448 e. The van der Waals surface area contributed by atoms with Crippen LogP contribution in [0.4, 0.5) is 20.1 Å². The van der Waals surface area contributed by atoms with Gasteiger partial charge in [0.25, 0.3) is 5.91 Å². The highest BCUT2D eigenvalue weighted by Gasteiger charge is 2.55. The zero-order chi connectivity index (χ0) is 44.0. The smallest absolute Gasteiger partial charge is 0.412 e. The Kier molecular flexibility index (Phi) is 13.3. The van der Waals surface area contributed by atoms with Gasteiger partial charge >= 0.3 is 36.0 Å². The number of anilines is 1. The number of esters is 1. The summed E-state index contributed by atoms with van der Waals surface area (Å²) in [5.74, 6) is -4.34. The molecular weight excluding hydrogens is 811 g/mol. The average Bonchev–Trinajstić information content (AvgIpc) is 3.23. The van der Waals surface area contributed by atoms with Crippen molar-refractivity contribution in [3.63, 3.8) is 0 Å². The maximum Gasteiger partial charge on any atom is 0.412 e. The number of carbonyl (C=O) groups excluding carboxylic acids is 8. The minimum absolute atomic E-state index is 0.0754. The predicted molar refractivity (Wildman–Crippen MR) is 220 cm³/mol. The number of hydrogen-bond donors (Lipinski definition) is 4. The van der Waals surface area contributed by atoms with Gasteiger partial charge in [-0.3, -0.25) is 34.3 Å². The van der Waals surface area contributed by atoms with E-state index in [0.717, 1.165) is 4.90 Å². The Morgan fingerprint density at radius 2 is 1.48 bits per heavy atom. The Bertz CT molecular complexity index is 2190. The van der Waals surface area contributed by atoms with Crippen molar-refractivity contribution >= 4 is 65.3 Å². The van der Waals surface area contributed by atoms with Gasteiger partial charge < -0.3 is 35.5 Å². The van der Waals surface area contributed by atoms with E-state index in [2.05, 4.69) is 16.0 Å². The van der Waals surface area contributed by atoms with Crippen molar-refractivity contribution in [2.45, 2.75) is 56.9 Å². The number of fused-ring (bicyclic) bond motifs is 1. The van der Waals surface area contributed by atoms with Crippen LogP contribution in [0.15, 0.2) is 96.2 Å². The summed E-state index contributed by atoms with van der Waals surface area (Å²) in [6.07, 6.45) is -2.71. The third-order valence-corrected chi connectivity index (χ3v) is 11.1. The molecule has 61 heavy (non-hydrogen) atoms. The average molecular weight is 856 g/mol. The van der Waals surface area contributed by atoms with Gasteiger partial charge in [0, 0.05) is 36.6 Å². The third-order valence-electron chi connectivity index (χ3n) is 9.71. The molecule has 19 heteroatoms. The maximum atomic E-state index is 14.2. The number of hydrogen-bond acceptors (Lipinski definition) is 12. The zero-order valence-electron chi connectivity index (χ0n) is 33.7. The number of nitrogens with two attached hydrogens (primary N) is 1. The summed E-state index contributed by atoms with van der Waals surface area (Å²) in [5.41, 5.74) is 6.34. The van der Waals surface area contributed by atoms with Crippen molar-refractivity contribution in [3.05, 3.63) is 113 Å². The molecule has 3 atom stereocenters. The summed E-state index contributed by atoms with van der Waals surface area (Å²) in [6, 6.07) is 20.0. The predicted octanol–water partition coefficient (Wildman–Crippen LogP) is 3.56. The van der Waals surface area contributed by atoms with E-state index in [4.69, 9.17) is 19.9 Å². The van der Waals surface area contributed by atoms with E-state index < -0.39 is 83.6 Å². The van der Waals surface area contributed by atoms with E-state index in [9.17, 15) is 38.4 Å². The number of piperazine rings is 1. The normalized spacial score (nSPS) is 18.1. The van der Waals surface area contributed by atoms with Gasteiger partial charge in [0.05, 0.1) is 0 Å². The van der Waals surface area contributed by atoms with E-state index >= 15 is 0 Å². The van der Waals surface area contributed by atoms with Crippen molar-refractivity contribution in [1.82, 2.24) is 25.3 Å². The fourth-order valence-corrected chi connectivity index (χ4v) is 8.10. The quantitative estimate of drug-likeness (QED) is 0.0886. The van der Waals surface area contributed by atoms with Crippen molar-refractivity contribution in [3.8, 4) is 0 Å². The Hall–Kier alpha value is -6.89. The highest BCUT2D eigenvalue weighted by atomic mass is 32.2. The molecule has 3 aliphatic rings. The SMILES string of the molecule is CCN1CCN(C(=O)N[C@@H](C(=O)N[C@@H]2C(=O)N3C(C(=O)OC(c4ccccc4)c4ccccc4)=C(COC(N)=O)CS[C@@H]23)c2ccc(NC(=O)OC(C)(C)C)cc2)C(=O)C1=O. The summed E-state index contributed by atoms with van der Waals surface area (Å²) in [6.45, 7) is 6.60. The minimum atomic E-state index is -1.53. The topological polar surface area (TPSA) is 236 Å². The Morgan fingerprint density at radius 3 is 2.05 bits per heavy atom. The van der Waals surface area contributed by atoms with Crippen molar-refractivity contribution in [1.29, 1.82) is 0 Å². The lowest BCUT2D eigenvalue weighted by atomic mass is 10.00. The van der Waals surface area contributed by atoms with Gasteiger partial charge in [0.15, 0.2) is 6.10 Å². The lowest BCUT2D eigenvalue weighted by Gasteiger charge is -2.50. The van der Waals surface area contributed by atoms with Crippen LogP contribution in [0.1, 0.15) is 56.5 Å². The van der Waals surface area contributed by atoms with Gasteiger partial charge in [-0.05, 0) is 56.5 Å². The highest BCUT2D eigenvalue weighted by Crippen LogP contribution is 2.42. The lowest BCUT2D eigenvalue weighted by molar-refractivity contribution is -0.155. The van der Waals surface area contributed by atoms with Crippen LogP contribution >= 0.6 is 11.8 Å². The van der Waals surface area contributed by atoms with E-state index in [1.807, 2.05) is 12.1 Å². The molecule has 18 nitrogen and oxygen atoms in total. The monoisotopic (exact) mass is 855 g/mol. The number of thioether (sulfide) groups is 1. The molecule has 0 spiro atoms. The van der Waals surface area contributed by atoms with E-state index in [1.165, 1.54) is 40.9 Å². The number of likely N-dealkylation sites (N-methyl/N-ethyl adjacent to an activating group) is 1. The molecule has 0 saturated carbocycles. The molecule has 2 fully saturated rings. The minimum Gasteiger partial charge on any atom is -0.448 e. The Labute approximate surface area is 355 Å². The first-order chi connectivity index (χ1) is 29.1. The second-order valence-electron chi connectivity index (χ2n) is 15.0. The van der Waals surface area contributed by atoms with Crippen LogP contribution < -0.4 is 21.7 Å². The number of amides is 8. The molecule has 3 heterocycles. The van der Waals surface area contributed by atoms with Gasteiger partial charge in [-0.25, -0.2) is 19.2 Å². The molecule has 3 aromatic rings. The van der Waals surface area contributed by atoms with Crippen molar-refractivity contribution in [2.24, 2.45) is 5.73 Å².